The van der Waals surface area contributed by atoms with Crippen LogP contribution in [-0.2, 0) is 38.7 Å². The highest BCUT2D eigenvalue weighted by Gasteiger charge is 2.46. The van der Waals surface area contributed by atoms with Crippen molar-refractivity contribution >= 4 is 22.1 Å². The largest absolute Gasteiger partial charge is 0.462 e. The molecule has 0 radical (unpaired) electrons. The number of hydrogen-bond donors (Lipinski definition) is 4. The Hall–Kier alpha value is -2.65. The summed E-state index contributed by atoms with van der Waals surface area (Å²) in [5.41, 5.74) is 0. The Morgan fingerprint density at radius 2 is 1.02 bits per heavy atom. The summed E-state index contributed by atoms with van der Waals surface area (Å²) >= 11 is 0. The Kier molecular flexibility index (Phi) is 35.0. The summed E-state index contributed by atoms with van der Waals surface area (Å²) in [5.74, 6) is -2.09. The van der Waals surface area contributed by atoms with Crippen molar-refractivity contribution in [2.45, 2.75) is 211 Å². The van der Waals surface area contributed by atoms with E-state index in [9.17, 15) is 37.9 Å². The van der Waals surface area contributed by atoms with E-state index in [4.69, 9.17) is 18.9 Å². The molecule has 0 aromatic heterocycles. The first-order valence-corrected chi connectivity index (χ1v) is 25.0. The van der Waals surface area contributed by atoms with Crippen molar-refractivity contribution in [2.75, 3.05) is 19.0 Å². The number of carbonyl (C=O) groups is 2. The molecule has 0 bridgehead atoms. The van der Waals surface area contributed by atoms with Gasteiger partial charge in [-0.1, -0.05) is 171 Å². The lowest BCUT2D eigenvalue weighted by atomic mass is 10.00. The molecule has 6 atom stereocenters. The Morgan fingerprint density at radius 1 is 0.557 bits per heavy atom. The molecule has 12 nitrogen and oxygen atoms in total. The monoisotopic (exact) mass is 883 g/mol. The summed E-state index contributed by atoms with van der Waals surface area (Å²) in [6.07, 6.45) is 37.0. The molecule has 1 heterocycles. The predicted octanol–water partition coefficient (Wildman–Crippen LogP) is 9.73. The number of aliphatic hydroxyl groups excluding tert-OH is 3. The van der Waals surface area contributed by atoms with Crippen LogP contribution in [0.5, 0.6) is 0 Å². The Labute approximate surface area is 368 Å². The van der Waals surface area contributed by atoms with Crippen LogP contribution in [0.1, 0.15) is 174 Å². The highest BCUT2D eigenvalue weighted by atomic mass is 32.2. The molecular weight excluding hydrogens is 801 g/mol. The first-order valence-electron chi connectivity index (χ1n) is 23.3. The highest BCUT2D eigenvalue weighted by molar-refractivity contribution is 7.85. The van der Waals surface area contributed by atoms with Gasteiger partial charge in [-0.25, -0.2) is 0 Å². The van der Waals surface area contributed by atoms with Crippen molar-refractivity contribution in [3.63, 3.8) is 0 Å². The molecule has 61 heavy (non-hydrogen) atoms. The Balaban J connectivity index is 2.50. The lowest BCUT2D eigenvalue weighted by molar-refractivity contribution is -0.297. The summed E-state index contributed by atoms with van der Waals surface area (Å²) < 4.78 is 54.0. The summed E-state index contributed by atoms with van der Waals surface area (Å²) in [6, 6.07) is 0. The van der Waals surface area contributed by atoms with E-state index in [1.165, 1.54) is 83.5 Å². The third-order valence-corrected chi connectivity index (χ3v) is 11.1. The second-order valence-electron chi connectivity index (χ2n) is 16.1. The van der Waals surface area contributed by atoms with E-state index in [2.05, 4.69) is 62.5 Å². The molecule has 1 fully saturated rings. The maximum absolute atomic E-state index is 12.8. The maximum Gasteiger partial charge on any atom is 0.306 e. The summed E-state index contributed by atoms with van der Waals surface area (Å²) in [5, 5.41) is 30.9. The number of rotatable bonds is 38. The van der Waals surface area contributed by atoms with Crippen molar-refractivity contribution < 1.29 is 56.8 Å². The van der Waals surface area contributed by atoms with Gasteiger partial charge >= 0.3 is 11.9 Å². The summed E-state index contributed by atoms with van der Waals surface area (Å²) in [7, 11) is -4.61. The molecule has 0 aromatic carbocycles. The van der Waals surface area contributed by atoms with Gasteiger partial charge in [0, 0.05) is 12.8 Å². The molecule has 2 unspecified atom stereocenters. The molecule has 13 heteroatoms. The fourth-order valence-corrected chi connectivity index (χ4v) is 7.41. The second kappa shape index (κ2) is 37.9. The molecule has 0 spiro atoms. The van der Waals surface area contributed by atoms with Crippen LogP contribution in [0.25, 0.3) is 0 Å². The van der Waals surface area contributed by atoms with Gasteiger partial charge in [0.05, 0.1) is 6.61 Å². The van der Waals surface area contributed by atoms with E-state index in [1.54, 1.807) is 0 Å². The molecule has 1 aliphatic rings. The number of esters is 2. The highest BCUT2D eigenvalue weighted by Crippen LogP contribution is 2.24. The van der Waals surface area contributed by atoms with Gasteiger partial charge in [-0.3, -0.25) is 14.1 Å². The van der Waals surface area contributed by atoms with Crippen LogP contribution >= 0.6 is 0 Å². The minimum Gasteiger partial charge on any atom is -0.462 e. The van der Waals surface area contributed by atoms with Gasteiger partial charge in [-0.05, 0) is 51.4 Å². The van der Waals surface area contributed by atoms with Crippen LogP contribution in [0.4, 0.5) is 0 Å². The van der Waals surface area contributed by atoms with Crippen LogP contribution in [0.15, 0.2) is 60.8 Å². The van der Waals surface area contributed by atoms with Crippen molar-refractivity contribution in [3.05, 3.63) is 60.8 Å². The van der Waals surface area contributed by atoms with Gasteiger partial charge in [0.1, 0.15) is 36.8 Å². The number of unbranched alkanes of at least 4 members (excludes halogenated alkanes) is 16. The van der Waals surface area contributed by atoms with E-state index in [-0.39, 0.29) is 19.4 Å². The molecule has 1 aliphatic heterocycles. The van der Waals surface area contributed by atoms with Crippen LogP contribution in [0.3, 0.4) is 0 Å². The minimum absolute atomic E-state index is 0.0402. The second-order valence-corrected chi connectivity index (χ2v) is 17.6. The van der Waals surface area contributed by atoms with Gasteiger partial charge < -0.3 is 34.3 Å². The average Bonchev–Trinajstić information content (AvgIpc) is 3.22. The fraction of sp³-hybridized carbons (Fsp3) is 0.750. The zero-order valence-electron chi connectivity index (χ0n) is 37.5. The predicted molar refractivity (Wildman–Crippen MR) is 242 cm³/mol. The molecule has 0 amide bonds. The lowest BCUT2D eigenvalue weighted by Gasteiger charge is -2.40. The van der Waals surface area contributed by atoms with Crippen LogP contribution < -0.4 is 0 Å². The zero-order chi connectivity index (χ0) is 44.8. The molecule has 0 saturated carbocycles. The SMILES string of the molecule is CCCCC/C=C/C/C=C/C/C=C/C/C=C/C/C=C/CCC(=O)O[C@H](COC(=O)CCCCCCCCCCCCCCCC)CO[C@H]1O[C@H](CS(=O)(=O)O)[C@@H](O)C(O)C1O. The number of allylic oxidation sites excluding steroid dienone is 10. The molecule has 352 valence electrons. The normalized spacial score (nSPS) is 20.5. The van der Waals surface area contributed by atoms with Crippen LogP contribution in [-0.4, -0.2) is 96.0 Å². The lowest BCUT2D eigenvalue weighted by Crippen LogP contribution is -2.60. The van der Waals surface area contributed by atoms with E-state index in [0.29, 0.717) is 19.3 Å². The number of carbonyl (C=O) groups excluding carboxylic acids is 2. The minimum atomic E-state index is -4.61. The van der Waals surface area contributed by atoms with Crippen LogP contribution in [0, 0.1) is 0 Å². The average molecular weight is 883 g/mol. The van der Waals surface area contributed by atoms with E-state index < -0.39 is 71.2 Å². The first-order chi connectivity index (χ1) is 29.5. The van der Waals surface area contributed by atoms with Crippen LogP contribution in [0.2, 0.25) is 0 Å². The van der Waals surface area contributed by atoms with Crippen molar-refractivity contribution in [3.8, 4) is 0 Å². The van der Waals surface area contributed by atoms with Crippen molar-refractivity contribution in [2.24, 2.45) is 0 Å². The van der Waals surface area contributed by atoms with E-state index in [0.717, 1.165) is 44.9 Å². The van der Waals surface area contributed by atoms with Crippen molar-refractivity contribution in [1.82, 2.24) is 0 Å². The van der Waals surface area contributed by atoms with Gasteiger partial charge in [0.15, 0.2) is 12.4 Å². The Morgan fingerprint density at radius 3 is 1.52 bits per heavy atom. The topological polar surface area (TPSA) is 186 Å². The molecule has 1 saturated heterocycles. The molecule has 0 aliphatic carbocycles. The maximum atomic E-state index is 12.8. The van der Waals surface area contributed by atoms with E-state index in [1.807, 2.05) is 12.2 Å². The van der Waals surface area contributed by atoms with Gasteiger partial charge in [-0.2, -0.15) is 8.42 Å². The first kappa shape index (κ1) is 56.4. The number of aliphatic hydroxyl groups is 3. The Bertz CT molecular complexity index is 1360. The zero-order valence-corrected chi connectivity index (χ0v) is 38.3. The summed E-state index contributed by atoms with van der Waals surface area (Å²) in [4.78, 5) is 25.4. The van der Waals surface area contributed by atoms with E-state index >= 15 is 0 Å². The smallest absolute Gasteiger partial charge is 0.306 e. The quantitative estimate of drug-likeness (QED) is 0.0199. The summed E-state index contributed by atoms with van der Waals surface area (Å²) in [6.45, 7) is 3.67. The molecule has 0 aromatic rings. The van der Waals surface area contributed by atoms with Crippen molar-refractivity contribution in [1.29, 1.82) is 0 Å². The number of hydrogen-bond acceptors (Lipinski definition) is 11. The van der Waals surface area contributed by atoms with Gasteiger partial charge in [0.2, 0.25) is 0 Å². The standard InChI is InChI=1S/C48H82O12S/c1-3-5-7-9-11-13-15-17-19-20-21-22-23-25-27-29-31-33-35-37-44(50)59-41(39-58-48-47(53)46(52)45(51)42(60-48)40-61(54,55)56)38-57-43(49)36-34-32-30-28-26-24-18-16-14-12-10-8-6-4-2/h11,13,17,19,21-22,25,27,31,33,41-42,45-48,51-53H,3-10,12,14-16,18,20,23-24,26,28-30,32,34-40H2,1-2H3,(H,54,55,56)/b13-11+,19-17+,22-21+,27-25+,33-31+/t41-,42-,45-,46?,47?,48+/m1/s1. The molecule has 4 N–H and O–H groups in total. The van der Waals surface area contributed by atoms with Gasteiger partial charge in [-0.15, -0.1) is 0 Å². The third-order valence-electron chi connectivity index (χ3n) is 10.4. The molecular formula is C48H82O12S. The third kappa shape index (κ3) is 32.7. The number of ether oxygens (including phenoxy) is 4. The fourth-order valence-electron chi connectivity index (χ4n) is 6.72. The van der Waals surface area contributed by atoms with Gasteiger partial charge in [0.25, 0.3) is 10.1 Å². The molecule has 1 rings (SSSR count).